The summed E-state index contributed by atoms with van der Waals surface area (Å²) >= 11 is 0. The lowest BCUT2D eigenvalue weighted by Gasteiger charge is -2.40. The van der Waals surface area contributed by atoms with Crippen LogP contribution in [0.3, 0.4) is 0 Å². The molecule has 0 unspecified atom stereocenters. The van der Waals surface area contributed by atoms with E-state index in [1.54, 1.807) is 37.0 Å². The molecular weight excluding hydrogens is 525 g/mol. The fourth-order valence-corrected chi connectivity index (χ4v) is 5.68. The van der Waals surface area contributed by atoms with Gasteiger partial charge in [0.05, 0.1) is 24.1 Å². The van der Waals surface area contributed by atoms with Crippen LogP contribution < -0.4 is 16.0 Å². The number of aliphatic hydroxyl groups excluding tert-OH is 1. The first-order valence-corrected chi connectivity index (χ1v) is 13.4. The van der Waals surface area contributed by atoms with Gasteiger partial charge >= 0.3 is 0 Å². The monoisotopic (exact) mass is 560 g/mol. The van der Waals surface area contributed by atoms with Crippen LogP contribution in [-0.2, 0) is 17.8 Å². The van der Waals surface area contributed by atoms with Gasteiger partial charge in [-0.15, -0.1) is 0 Å². The van der Waals surface area contributed by atoms with Crippen LogP contribution in [0.5, 0.6) is 5.75 Å². The van der Waals surface area contributed by atoms with Gasteiger partial charge in [-0.1, -0.05) is 0 Å². The van der Waals surface area contributed by atoms with Gasteiger partial charge < -0.3 is 20.5 Å². The molecule has 40 heavy (non-hydrogen) atoms. The standard InChI is InChI=1S/C29H35F3N4O4/c1-40-20-4-5-25-22(15-20)27(18(16-33)17-34-25)26(37)6-7-29(28(38)35-39)8-11-36(12-9-29)10-2-3-21-23(31)13-19(30)14-24(21)32/h4-5,13-15,17,26,37,39H,2-3,6-12,16,33H2,1H3,(H,35,38)/t26-/m1/s1. The molecule has 216 valence electrons. The molecule has 3 aromatic rings. The highest BCUT2D eigenvalue weighted by Gasteiger charge is 2.41. The third-order valence-corrected chi connectivity index (χ3v) is 8.05. The van der Waals surface area contributed by atoms with Crippen molar-refractivity contribution in [3.05, 3.63) is 70.7 Å². The molecule has 0 bridgehead atoms. The Morgan fingerprint density at radius 1 is 1.20 bits per heavy atom. The van der Waals surface area contributed by atoms with E-state index in [1.165, 1.54) is 0 Å². The molecule has 4 rings (SSSR count). The normalized spacial score (nSPS) is 16.2. The largest absolute Gasteiger partial charge is 0.497 e. The van der Waals surface area contributed by atoms with Crippen LogP contribution in [0.2, 0.25) is 0 Å². The summed E-state index contributed by atoms with van der Waals surface area (Å²) in [5.41, 5.74) is 8.74. The zero-order chi connectivity index (χ0) is 28.9. The topological polar surface area (TPSA) is 121 Å². The quantitative estimate of drug-likeness (QED) is 0.205. The first-order valence-electron chi connectivity index (χ1n) is 13.4. The van der Waals surface area contributed by atoms with Gasteiger partial charge in [-0.25, -0.2) is 18.7 Å². The Bertz CT molecular complexity index is 1320. The van der Waals surface area contributed by atoms with E-state index in [0.717, 1.165) is 5.39 Å². The molecule has 1 aromatic heterocycles. The minimum absolute atomic E-state index is 0.122. The summed E-state index contributed by atoms with van der Waals surface area (Å²) in [7, 11) is 1.56. The average Bonchev–Trinajstić information content (AvgIpc) is 2.96. The number of pyridine rings is 1. The number of halogens is 3. The number of amides is 1. The fourth-order valence-electron chi connectivity index (χ4n) is 5.68. The molecule has 1 saturated heterocycles. The van der Waals surface area contributed by atoms with Crippen molar-refractivity contribution < 1.29 is 33.0 Å². The highest BCUT2D eigenvalue weighted by molar-refractivity contribution is 5.85. The number of ether oxygens (including phenoxy) is 1. The second-order valence-corrected chi connectivity index (χ2v) is 10.4. The maximum Gasteiger partial charge on any atom is 0.249 e. The minimum Gasteiger partial charge on any atom is -0.497 e. The first-order chi connectivity index (χ1) is 19.2. The lowest BCUT2D eigenvalue weighted by molar-refractivity contribution is -0.143. The number of hydrogen-bond acceptors (Lipinski definition) is 7. The highest BCUT2D eigenvalue weighted by atomic mass is 19.1. The number of nitrogens with one attached hydrogen (secondary N) is 1. The van der Waals surface area contributed by atoms with Crippen LogP contribution in [0, 0.1) is 22.9 Å². The van der Waals surface area contributed by atoms with E-state index < -0.39 is 34.9 Å². The molecule has 1 aliphatic heterocycles. The molecule has 2 heterocycles. The molecular formula is C29H35F3N4O4. The predicted molar refractivity (Wildman–Crippen MR) is 143 cm³/mol. The van der Waals surface area contributed by atoms with E-state index in [2.05, 4.69) is 9.88 Å². The van der Waals surface area contributed by atoms with Gasteiger partial charge in [-0.2, -0.15) is 0 Å². The number of hydrogen-bond donors (Lipinski definition) is 4. The van der Waals surface area contributed by atoms with Gasteiger partial charge in [0.2, 0.25) is 5.91 Å². The Morgan fingerprint density at radius 2 is 1.90 bits per heavy atom. The summed E-state index contributed by atoms with van der Waals surface area (Å²) in [6.07, 6.45) is 2.72. The van der Waals surface area contributed by atoms with Crippen LogP contribution in [0.4, 0.5) is 13.2 Å². The van der Waals surface area contributed by atoms with Gasteiger partial charge in [-0.05, 0) is 87.5 Å². The number of hydroxylamine groups is 1. The Kier molecular flexibility index (Phi) is 9.62. The van der Waals surface area contributed by atoms with Crippen molar-refractivity contribution in [3.63, 3.8) is 0 Å². The van der Waals surface area contributed by atoms with Gasteiger partial charge in [0.15, 0.2) is 0 Å². The number of piperidine rings is 1. The molecule has 1 aliphatic rings. The second-order valence-electron chi connectivity index (χ2n) is 10.4. The molecule has 0 aliphatic carbocycles. The van der Waals surface area contributed by atoms with Gasteiger partial charge in [0, 0.05) is 35.8 Å². The van der Waals surface area contributed by atoms with Gasteiger partial charge in [0.25, 0.3) is 0 Å². The number of aliphatic hydroxyl groups is 1. The molecule has 0 saturated carbocycles. The molecule has 0 spiro atoms. The number of benzene rings is 2. The molecule has 8 nitrogen and oxygen atoms in total. The van der Waals surface area contributed by atoms with Crippen molar-refractivity contribution in [3.8, 4) is 5.75 Å². The Balaban J connectivity index is 1.42. The number of nitrogens with zero attached hydrogens (tertiary/aromatic N) is 2. The summed E-state index contributed by atoms with van der Waals surface area (Å²) < 4.78 is 46.4. The predicted octanol–water partition coefficient (Wildman–Crippen LogP) is 4.15. The van der Waals surface area contributed by atoms with Crippen molar-refractivity contribution in [1.29, 1.82) is 0 Å². The zero-order valence-electron chi connectivity index (χ0n) is 22.4. The lowest BCUT2D eigenvalue weighted by Crippen LogP contribution is -2.48. The number of likely N-dealkylation sites (tertiary alicyclic amines) is 1. The first kappa shape index (κ1) is 29.7. The molecule has 11 heteroatoms. The second kappa shape index (κ2) is 12.9. The van der Waals surface area contributed by atoms with Crippen molar-refractivity contribution in [1.82, 2.24) is 15.4 Å². The summed E-state index contributed by atoms with van der Waals surface area (Å²) in [5.74, 6) is -2.63. The van der Waals surface area contributed by atoms with E-state index in [-0.39, 0.29) is 24.9 Å². The van der Waals surface area contributed by atoms with Crippen LogP contribution in [0.1, 0.15) is 54.9 Å². The number of carbonyl (C=O) groups excluding carboxylic acids is 1. The van der Waals surface area contributed by atoms with Crippen molar-refractivity contribution >= 4 is 16.8 Å². The van der Waals surface area contributed by atoms with E-state index in [1.807, 2.05) is 0 Å². The minimum atomic E-state index is -0.950. The Morgan fingerprint density at radius 3 is 2.52 bits per heavy atom. The fraction of sp³-hybridized carbons (Fsp3) is 0.448. The molecule has 1 amide bonds. The Labute approximate surface area is 230 Å². The zero-order valence-corrected chi connectivity index (χ0v) is 22.4. The third kappa shape index (κ3) is 6.38. The number of rotatable bonds is 11. The van der Waals surface area contributed by atoms with Gasteiger partial charge in [0.1, 0.15) is 23.2 Å². The lowest BCUT2D eigenvalue weighted by atomic mass is 9.73. The number of carbonyl (C=O) groups is 1. The van der Waals surface area contributed by atoms with Crippen LogP contribution in [0.25, 0.3) is 10.9 Å². The third-order valence-electron chi connectivity index (χ3n) is 8.05. The maximum atomic E-state index is 14.0. The molecule has 0 radical (unpaired) electrons. The summed E-state index contributed by atoms with van der Waals surface area (Å²) in [6, 6.07) is 6.75. The van der Waals surface area contributed by atoms with Crippen molar-refractivity contribution in [2.24, 2.45) is 11.1 Å². The smallest absolute Gasteiger partial charge is 0.249 e. The molecule has 1 fully saturated rings. The van der Waals surface area contributed by atoms with E-state index in [9.17, 15) is 28.3 Å². The van der Waals surface area contributed by atoms with Gasteiger partial charge in [-0.3, -0.25) is 15.0 Å². The van der Waals surface area contributed by atoms with Crippen molar-refractivity contribution in [2.75, 3.05) is 26.7 Å². The number of aromatic nitrogens is 1. The number of fused-ring (bicyclic) bond motifs is 1. The summed E-state index contributed by atoms with van der Waals surface area (Å²) in [6.45, 7) is 1.78. The summed E-state index contributed by atoms with van der Waals surface area (Å²) in [5, 5.41) is 21.5. The van der Waals surface area contributed by atoms with Crippen LogP contribution in [0.15, 0.2) is 36.5 Å². The summed E-state index contributed by atoms with van der Waals surface area (Å²) in [4.78, 5) is 19.4. The van der Waals surface area contributed by atoms with Crippen LogP contribution >= 0.6 is 0 Å². The number of nitrogens with two attached hydrogens (primary N) is 1. The number of methoxy groups -OCH3 is 1. The SMILES string of the molecule is COc1ccc2ncc(CN)c([C@H](O)CCC3(C(=O)NO)CCN(CCCc4c(F)cc(F)cc4F)CC3)c2c1. The molecule has 5 N–H and O–H groups in total. The van der Waals surface area contributed by atoms with E-state index in [4.69, 9.17) is 10.5 Å². The van der Waals surface area contributed by atoms with Crippen LogP contribution in [-0.4, -0.2) is 52.8 Å². The molecule has 1 atom stereocenters. The maximum absolute atomic E-state index is 14.0. The van der Waals surface area contributed by atoms with E-state index >= 15 is 0 Å². The molecule has 2 aromatic carbocycles. The average molecular weight is 561 g/mol. The Hall–Kier alpha value is -3.25. The van der Waals surface area contributed by atoms with E-state index in [0.29, 0.717) is 79.8 Å². The highest BCUT2D eigenvalue weighted by Crippen LogP contribution is 2.40. The van der Waals surface area contributed by atoms with Crippen molar-refractivity contribution in [2.45, 2.75) is 51.2 Å².